The van der Waals surface area contributed by atoms with Crippen molar-refractivity contribution in [3.05, 3.63) is 138 Å². The molecule has 1 atom stereocenters. The van der Waals surface area contributed by atoms with Crippen molar-refractivity contribution in [2.75, 3.05) is 13.2 Å². The zero-order valence-corrected chi connectivity index (χ0v) is 26.2. The van der Waals surface area contributed by atoms with E-state index >= 15 is 0 Å². The van der Waals surface area contributed by atoms with Crippen molar-refractivity contribution in [3.8, 4) is 17.1 Å². The van der Waals surface area contributed by atoms with Crippen LogP contribution in [0.3, 0.4) is 0 Å². The number of carboxylic acids is 1. The van der Waals surface area contributed by atoms with E-state index in [-0.39, 0.29) is 23.3 Å². The van der Waals surface area contributed by atoms with Crippen molar-refractivity contribution in [3.63, 3.8) is 0 Å². The summed E-state index contributed by atoms with van der Waals surface area (Å²) in [7, 11) is 0. The van der Waals surface area contributed by atoms with Gasteiger partial charge in [0.1, 0.15) is 17.3 Å². The molecule has 2 aromatic heterocycles. The first-order valence-electron chi connectivity index (χ1n) is 14.7. The number of ether oxygens (including phenoxy) is 2. The number of rotatable bonds is 9. The van der Waals surface area contributed by atoms with E-state index in [1.165, 1.54) is 22.0 Å². The molecule has 3 heterocycles. The zero-order valence-electron chi connectivity index (χ0n) is 25.4. The quantitative estimate of drug-likeness (QED) is 0.210. The lowest BCUT2D eigenvalue weighted by molar-refractivity contribution is -0.138. The first-order chi connectivity index (χ1) is 22.3. The number of aromatic nitrogens is 1. The van der Waals surface area contributed by atoms with E-state index in [1.54, 1.807) is 37.3 Å². The maximum atomic E-state index is 14.2. The molecule has 1 N–H and O–H groups in total. The lowest BCUT2D eigenvalue weighted by atomic mass is 9.93. The molecule has 0 unspecified atom stereocenters. The monoisotopic (exact) mass is 634 g/mol. The number of aromatic carboxylic acids is 1. The van der Waals surface area contributed by atoms with Crippen molar-refractivity contribution < 1.29 is 28.6 Å². The zero-order chi connectivity index (χ0) is 32.4. The highest BCUT2D eigenvalue weighted by Crippen LogP contribution is 2.36. The third kappa shape index (κ3) is 5.82. The Balaban J connectivity index is 1.52. The molecule has 0 aliphatic carbocycles. The summed E-state index contributed by atoms with van der Waals surface area (Å²) >= 11 is 1.20. The molecule has 0 radical (unpaired) electrons. The molecule has 0 fully saturated rings. The first-order valence-corrected chi connectivity index (χ1v) is 15.6. The number of hydrogen-bond acceptors (Lipinski definition) is 8. The van der Waals surface area contributed by atoms with Gasteiger partial charge >= 0.3 is 11.9 Å². The molecule has 46 heavy (non-hydrogen) atoms. The van der Waals surface area contributed by atoms with Crippen LogP contribution in [0.2, 0.25) is 0 Å². The Bertz CT molecular complexity index is 2160. The van der Waals surface area contributed by atoms with Crippen molar-refractivity contribution >= 4 is 35.0 Å². The van der Waals surface area contributed by atoms with E-state index in [0.29, 0.717) is 44.5 Å². The maximum absolute atomic E-state index is 14.2. The average molecular weight is 635 g/mol. The highest BCUT2D eigenvalue weighted by Gasteiger charge is 2.35. The number of carboxylic acid groups (broad SMARTS) is 1. The van der Waals surface area contributed by atoms with Crippen LogP contribution in [0.5, 0.6) is 5.75 Å². The summed E-state index contributed by atoms with van der Waals surface area (Å²) in [6, 6.07) is 24.2. The van der Waals surface area contributed by atoms with Gasteiger partial charge in [0.05, 0.1) is 40.6 Å². The van der Waals surface area contributed by atoms with Crippen LogP contribution in [0.1, 0.15) is 52.7 Å². The van der Waals surface area contributed by atoms with Gasteiger partial charge in [0, 0.05) is 17.2 Å². The molecule has 0 spiro atoms. The van der Waals surface area contributed by atoms with Crippen molar-refractivity contribution in [1.82, 2.24) is 4.57 Å². The number of fused-ring (bicyclic) bond motifs is 1. The van der Waals surface area contributed by atoms with Gasteiger partial charge in [-0.1, -0.05) is 59.9 Å². The van der Waals surface area contributed by atoms with Crippen molar-refractivity contribution in [2.45, 2.75) is 26.8 Å². The molecule has 0 saturated carbocycles. The molecule has 0 bridgehead atoms. The minimum atomic E-state index is -1.00. The number of aryl methyl sites for hydroxylation is 1. The summed E-state index contributed by atoms with van der Waals surface area (Å²) in [5.41, 5.74) is 3.46. The standard InChI is InChI=1S/C36H30N2O7S/c1-4-43-25-14-11-23(12-15-25)32-30(35(42)44-5-2)31(22-9-7-6-8-10-22)37-36-38(32)33(39)29(46-36)20-26-16-18-28(45-26)27-17-13-24(34(40)41)19-21(27)3/h6-20,32H,4-5H2,1-3H3,(H,40,41)/b29-20-/t32-/m1/s1. The minimum absolute atomic E-state index is 0.157. The second-order valence-electron chi connectivity index (χ2n) is 10.5. The van der Waals surface area contributed by atoms with E-state index in [2.05, 4.69) is 0 Å². The normalized spacial score (nSPS) is 14.5. The molecule has 6 rings (SSSR count). The number of nitrogens with zero attached hydrogens (tertiary/aromatic N) is 2. The molecule has 232 valence electrons. The van der Waals surface area contributed by atoms with Crippen LogP contribution in [-0.4, -0.2) is 34.8 Å². The van der Waals surface area contributed by atoms with Crippen molar-refractivity contribution in [2.24, 2.45) is 4.99 Å². The van der Waals surface area contributed by atoms with E-state index in [4.69, 9.17) is 18.9 Å². The highest BCUT2D eigenvalue weighted by atomic mass is 32.1. The minimum Gasteiger partial charge on any atom is -0.494 e. The Morgan fingerprint density at radius 1 is 1.00 bits per heavy atom. The molecule has 10 heteroatoms. The smallest absolute Gasteiger partial charge is 0.338 e. The number of benzene rings is 3. The summed E-state index contributed by atoms with van der Waals surface area (Å²) < 4.78 is 19.2. The van der Waals surface area contributed by atoms with Gasteiger partial charge in [-0.05, 0) is 68.3 Å². The third-order valence-electron chi connectivity index (χ3n) is 7.52. The van der Waals surface area contributed by atoms with Gasteiger partial charge in [-0.2, -0.15) is 0 Å². The topological polar surface area (TPSA) is 120 Å². The summed E-state index contributed by atoms with van der Waals surface area (Å²) in [6.45, 7) is 6.11. The van der Waals surface area contributed by atoms with Gasteiger partial charge in [-0.3, -0.25) is 9.36 Å². The van der Waals surface area contributed by atoms with Gasteiger partial charge < -0.3 is 19.0 Å². The summed E-state index contributed by atoms with van der Waals surface area (Å²) in [4.78, 5) is 44.5. The van der Waals surface area contributed by atoms with Crippen LogP contribution >= 0.6 is 11.3 Å². The van der Waals surface area contributed by atoms with E-state index in [0.717, 1.165) is 16.7 Å². The molecule has 1 aliphatic heterocycles. The summed E-state index contributed by atoms with van der Waals surface area (Å²) in [5, 5.41) is 9.31. The van der Waals surface area contributed by atoms with Crippen LogP contribution < -0.4 is 19.6 Å². The largest absolute Gasteiger partial charge is 0.494 e. The average Bonchev–Trinajstić information content (AvgIpc) is 3.65. The molecular weight excluding hydrogens is 604 g/mol. The Hall–Kier alpha value is -5.48. The van der Waals surface area contributed by atoms with Gasteiger partial charge in [-0.15, -0.1) is 0 Å². The summed E-state index contributed by atoms with van der Waals surface area (Å²) in [5.74, 6) is 0.0858. The number of hydrogen-bond donors (Lipinski definition) is 1. The molecule has 1 aliphatic rings. The molecule has 0 saturated heterocycles. The highest BCUT2D eigenvalue weighted by molar-refractivity contribution is 7.07. The second kappa shape index (κ2) is 12.9. The van der Waals surface area contributed by atoms with Crippen LogP contribution in [-0.2, 0) is 9.53 Å². The predicted octanol–water partition coefficient (Wildman–Crippen LogP) is 5.60. The molecule has 3 aromatic carbocycles. The molecule has 0 amide bonds. The van der Waals surface area contributed by atoms with Crippen LogP contribution in [0, 0.1) is 6.92 Å². The number of furan rings is 1. The molecule has 5 aromatic rings. The second-order valence-corrected chi connectivity index (χ2v) is 11.5. The van der Waals surface area contributed by atoms with Crippen LogP contribution in [0.15, 0.2) is 105 Å². The fourth-order valence-corrected chi connectivity index (χ4v) is 6.43. The molecular formula is C36H30N2O7S. The van der Waals surface area contributed by atoms with E-state index in [1.807, 2.05) is 68.4 Å². The number of thiazole rings is 1. The van der Waals surface area contributed by atoms with Gasteiger partial charge in [0.25, 0.3) is 5.56 Å². The van der Waals surface area contributed by atoms with Gasteiger partial charge in [0.15, 0.2) is 4.80 Å². The Morgan fingerprint density at radius 3 is 2.43 bits per heavy atom. The van der Waals surface area contributed by atoms with Gasteiger partial charge in [0.2, 0.25) is 0 Å². The van der Waals surface area contributed by atoms with Crippen molar-refractivity contribution in [1.29, 1.82) is 0 Å². The predicted molar refractivity (Wildman–Crippen MR) is 175 cm³/mol. The lowest BCUT2D eigenvalue weighted by Crippen LogP contribution is -2.40. The Morgan fingerprint density at radius 2 is 1.76 bits per heavy atom. The van der Waals surface area contributed by atoms with Gasteiger partial charge in [-0.25, -0.2) is 14.6 Å². The fraction of sp³-hybridized carbons (Fsp3) is 0.167. The third-order valence-corrected chi connectivity index (χ3v) is 8.50. The fourth-order valence-electron chi connectivity index (χ4n) is 5.45. The van der Waals surface area contributed by atoms with Crippen LogP contribution in [0.25, 0.3) is 23.1 Å². The lowest BCUT2D eigenvalue weighted by Gasteiger charge is -2.26. The molecule has 9 nitrogen and oxygen atoms in total. The Kier molecular flexibility index (Phi) is 8.54. The summed E-state index contributed by atoms with van der Waals surface area (Å²) in [6.07, 6.45) is 1.65. The van der Waals surface area contributed by atoms with E-state index in [9.17, 15) is 19.5 Å². The first kappa shape index (κ1) is 30.5. The SMILES string of the molecule is CCOC(=O)C1=C(c2ccccc2)N=c2s/c(=C\c3ccc(-c4ccc(C(=O)O)cc4C)o3)c(=O)n2[C@@H]1c1ccc(OCC)cc1. The number of carbonyl (C=O) groups is 2. The number of carbonyl (C=O) groups excluding carboxylic acids is 1. The maximum Gasteiger partial charge on any atom is 0.338 e. The number of esters is 1. The Labute approximate surface area is 268 Å². The van der Waals surface area contributed by atoms with E-state index < -0.39 is 18.0 Å². The van der Waals surface area contributed by atoms with Crippen LogP contribution in [0.4, 0.5) is 0 Å².